The van der Waals surface area contributed by atoms with Gasteiger partial charge in [0.05, 0.1) is 12.4 Å². The average molecular weight is 302 g/mol. The Hall–Kier alpha value is -1.31. The molecule has 0 radical (unpaired) electrons. The highest BCUT2D eigenvalue weighted by Crippen LogP contribution is 2.26. The van der Waals surface area contributed by atoms with E-state index in [-0.39, 0.29) is 11.5 Å². The van der Waals surface area contributed by atoms with E-state index in [0.717, 1.165) is 5.56 Å². The second-order valence-electron chi connectivity index (χ2n) is 4.51. The van der Waals surface area contributed by atoms with E-state index in [4.69, 9.17) is 4.74 Å². The van der Waals surface area contributed by atoms with Gasteiger partial charge in [0.2, 0.25) is 10.0 Å². The molecule has 1 rings (SSSR count). The van der Waals surface area contributed by atoms with Gasteiger partial charge in [-0.15, -0.1) is 0 Å². The van der Waals surface area contributed by atoms with E-state index in [9.17, 15) is 13.5 Å². The number of hydrogen-bond acceptors (Lipinski definition) is 5. The van der Waals surface area contributed by atoms with Crippen molar-refractivity contribution >= 4 is 10.0 Å². The van der Waals surface area contributed by atoms with Crippen LogP contribution in [0.25, 0.3) is 0 Å². The van der Waals surface area contributed by atoms with Crippen molar-refractivity contribution in [2.75, 3.05) is 33.0 Å². The second-order valence-corrected chi connectivity index (χ2v) is 6.81. The molecule has 7 heteroatoms. The van der Waals surface area contributed by atoms with E-state index in [0.29, 0.717) is 25.4 Å². The average Bonchev–Trinajstić information content (AvgIpc) is 2.38. The second kappa shape index (κ2) is 7.47. The molecule has 0 bridgehead atoms. The Morgan fingerprint density at radius 1 is 1.35 bits per heavy atom. The zero-order chi connectivity index (χ0) is 15.2. The first kappa shape index (κ1) is 16.7. The molecule has 0 spiro atoms. The Morgan fingerprint density at radius 2 is 2.05 bits per heavy atom. The van der Waals surface area contributed by atoms with E-state index in [1.54, 1.807) is 18.2 Å². The van der Waals surface area contributed by atoms with Crippen LogP contribution in [0.15, 0.2) is 18.2 Å². The third kappa shape index (κ3) is 4.99. The molecule has 6 nitrogen and oxygen atoms in total. The first-order chi connectivity index (χ1) is 9.36. The van der Waals surface area contributed by atoms with Crippen LogP contribution in [-0.4, -0.2) is 50.8 Å². The molecule has 0 amide bonds. The van der Waals surface area contributed by atoms with E-state index >= 15 is 0 Å². The number of rotatable bonds is 8. The van der Waals surface area contributed by atoms with Crippen molar-refractivity contribution < 1.29 is 18.3 Å². The largest absolute Gasteiger partial charge is 0.504 e. The monoisotopic (exact) mass is 302 g/mol. The number of benzene rings is 1. The summed E-state index contributed by atoms with van der Waals surface area (Å²) in [6, 6.07) is 5.08. The lowest BCUT2D eigenvalue weighted by molar-refractivity contribution is 0.317. The molecule has 0 atom stereocenters. The van der Waals surface area contributed by atoms with Crippen LogP contribution in [0.2, 0.25) is 0 Å². The molecule has 1 aromatic carbocycles. The van der Waals surface area contributed by atoms with Crippen LogP contribution in [0, 0.1) is 0 Å². The van der Waals surface area contributed by atoms with Crippen molar-refractivity contribution in [1.29, 1.82) is 0 Å². The number of sulfonamides is 1. The number of nitrogens with one attached hydrogen (secondary N) is 1. The van der Waals surface area contributed by atoms with Gasteiger partial charge in [-0.3, -0.25) is 0 Å². The van der Waals surface area contributed by atoms with Crippen LogP contribution in [0.3, 0.4) is 0 Å². The van der Waals surface area contributed by atoms with E-state index < -0.39 is 10.0 Å². The lowest BCUT2D eigenvalue weighted by Gasteiger charge is -2.12. The number of phenols is 1. The fraction of sp³-hybridized carbons (Fsp3) is 0.538. The summed E-state index contributed by atoms with van der Waals surface area (Å²) >= 11 is 0. The van der Waals surface area contributed by atoms with Gasteiger partial charge >= 0.3 is 0 Å². The molecule has 20 heavy (non-hydrogen) atoms. The zero-order valence-electron chi connectivity index (χ0n) is 12.1. The summed E-state index contributed by atoms with van der Waals surface area (Å²) in [7, 11) is -0.135. The molecule has 0 unspecified atom stereocenters. The Kier molecular flexibility index (Phi) is 6.25. The topological polar surface area (TPSA) is 78.9 Å². The van der Waals surface area contributed by atoms with Gasteiger partial charge in [-0.1, -0.05) is 6.07 Å². The molecule has 0 aliphatic heterocycles. The third-order valence-electron chi connectivity index (χ3n) is 2.75. The number of hydrogen-bond donors (Lipinski definition) is 2. The summed E-state index contributed by atoms with van der Waals surface area (Å²) in [6.07, 6.45) is 0. The molecular formula is C13H22N2O4S. The zero-order valence-corrected chi connectivity index (χ0v) is 12.9. The van der Waals surface area contributed by atoms with Gasteiger partial charge in [-0.05, 0) is 24.6 Å². The van der Waals surface area contributed by atoms with Crippen LogP contribution in [0.5, 0.6) is 11.5 Å². The molecule has 0 aliphatic carbocycles. The summed E-state index contributed by atoms with van der Waals surface area (Å²) < 4.78 is 29.6. The molecule has 1 aromatic rings. The van der Waals surface area contributed by atoms with Crippen molar-refractivity contribution in [2.45, 2.75) is 13.5 Å². The predicted octanol–water partition coefficient (Wildman–Crippen LogP) is 0.772. The van der Waals surface area contributed by atoms with Gasteiger partial charge in [0, 0.05) is 27.2 Å². The fourth-order valence-corrected chi connectivity index (χ4v) is 2.32. The molecule has 2 N–H and O–H groups in total. The highest BCUT2D eigenvalue weighted by Gasteiger charge is 2.12. The van der Waals surface area contributed by atoms with E-state index in [1.165, 1.54) is 18.4 Å². The first-order valence-corrected chi connectivity index (χ1v) is 8.03. The Labute approximate surface area is 120 Å². The standard InChI is InChI=1S/C13H22N2O4S/c1-4-19-13-9-11(5-6-12(13)16)10-14-7-8-20(17,18)15(2)3/h5-6,9,14,16H,4,7-8,10H2,1-3H3. The van der Waals surface area contributed by atoms with E-state index in [2.05, 4.69) is 5.32 Å². The van der Waals surface area contributed by atoms with Crippen LogP contribution < -0.4 is 10.1 Å². The van der Waals surface area contributed by atoms with Gasteiger partial charge in [-0.2, -0.15) is 0 Å². The quantitative estimate of drug-likeness (QED) is 0.694. The van der Waals surface area contributed by atoms with Gasteiger partial charge in [0.15, 0.2) is 11.5 Å². The van der Waals surface area contributed by atoms with Crippen molar-refractivity contribution in [3.63, 3.8) is 0 Å². The molecule has 0 heterocycles. The molecule has 0 aromatic heterocycles. The maximum Gasteiger partial charge on any atom is 0.214 e. The Morgan fingerprint density at radius 3 is 2.65 bits per heavy atom. The number of phenolic OH excluding ortho intramolecular Hbond substituents is 1. The molecule has 0 saturated carbocycles. The van der Waals surface area contributed by atoms with Gasteiger partial charge in [0.1, 0.15) is 0 Å². The highest BCUT2D eigenvalue weighted by atomic mass is 32.2. The minimum absolute atomic E-state index is 0.0520. The molecule has 0 fully saturated rings. The van der Waals surface area contributed by atoms with Crippen molar-refractivity contribution in [3.05, 3.63) is 23.8 Å². The summed E-state index contributed by atoms with van der Waals surface area (Å²) in [5.74, 6) is 0.592. The van der Waals surface area contributed by atoms with Crippen LogP contribution >= 0.6 is 0 Å². The maximum absolute atomic E-state index is 11.6. The molecule has 0 aliphatic rings. The molecular weight excluding hydrogens is 280 g/mol. The van der Waals surface area contributed by atoms with Gasteiger partial charge in [-0.25, -0.2) is 12.7 Å². The summed E-state index contributed by atoms with van der Waals surface area (Å²) in [5, 5.41) is 12.6. The summed E-state index contributed by atoms with van der Waals surface area (Å²) in [5.41, 5.74) is 0.925. The van der Waals surface area contributed by atoms with Gasteiger partial charge in [0.25, 0.3) is 0 Å². The van der Waals surface area contributed by atoms with Crippen LogP contribution in [0.4, 0.5) is 0 Å². The highest BCUT2D eigenvalue weighted by molar-refractivity contribution is 7.89. The smallest absolute Gasteiger partial charge is 0.214 e. The minimum atomic E-state index is -3.17. The normalized spacial score (nSPS) is 11.8. The van der Waals surface area contributed by atoms with Crippen LogP contribution in [-0.2, 0) is 16.6 Å². The summed E-state index contributed by atoms with van der Waals surface area (Å²) in [6.45, 7) is 3.21. The number of nitrogens with zero attached hydrogens (tertiary/aromatic N) is 1. The SMILES string of the molecule is CCOc1cc(CNCCS(=O)(=O)N(C)C)ccc1O. The Balaban J connectivity index is 2.49. The van der Waals surface area contributed by atoms with E-state index in [1.807, 2.05) is 6.92 Å². The van der Waals surface area contributed by atoms with Crippen molar-refractivity contribution in [1.82, 2.24) is 9.62 Å². The van der Waals surface area contributed by atoms with Gasteiger partial charge < -0.3 is 15.2 Å². The molecule has 114 valence electrons. The lowest BCUT2D eigenvalue weighted by atomic mass is 10.2. The summed E-state index contributed by atoms with van der Waals surface area (Å²) in [4.78, 5) is 0. The first-order valence-electron chi connectivity index (χ1n) is 6.42. The van der Waals surface area contributed by atoms with Crippen molar-refractivity contribution in [2.24, 2.45) is 0 Å². The molecule has 0 saturated heterocycles. The number of aromatic hydroxyl groups is 1. The minimum Gasteiger partial charge on any atom is -0.504 e. The number of ether oxygens (including phenoxy) is 1. The fourth-order valence-electron chi connectivity index (χ4n) is 1.56. The third-order valence-corrected chi connectivity index (χ3v) is 4.58. The lowest BCUT2D eigenvalue weighted by Crippen LogP contribution is -2.31. The Bertz CT molecular complexity index is 529. The van der Waals surface area contributed by atoms with Crippen molar-refractivity contribution in [3.8, 4) is 11.5 Å². The maximum atomic E-state index is 11.6. The predicted molar refractivity (Wildman–Crippen MR) is 78.5 cm³/mol. The van der Waals surface area contributed by atoms with Crippen LogP contribution in [0.1, 0.15) is 12.5 Å².